The molecule has 1 aromatic heterocycles. The Kier molecular flexibility index (Phi) is 4.36. The monoisotopic (exact) mass is 251 g/mol. The molecule has 0 aliphatic heterocycles. The number of hydrogen-bond donors (Lipinski definition) is 2. The number of hydrogen-bond acceptors (Lipinski definition) is 3. The Morgan fingerprint density at radius 1 is 1.50 bits per heavy atom. The first-order valence-electron chi connectivity index (χ1n) is 6.61. The highest BCUT2D eigenvalue weighted by atomic mass is 16.3. The summed E-state index contributed by atoms with van der Waals surface area (Å²) in [6.45, 7) is 0.151. The molecule has 100 valence electrons. The number of nitrogens with one attached hydrogen (secondary N) is 1. The molecular weight excluding hydrogens is 230 g/mol. The minimum Gasteiger partial charge on any atom is -0.396 e. The standard InChI is InChI=1S/C13H21N3O2/c1-16-8-11(7-14-16)13(18)15-12-6-4-2-3-5-10(12)9-17/h7-8,10,12,17H,2-6,9H2,1H3,(H,15,18). The lowest BCUT2D eigenvalue weighted by atomic mass is 9.95. The molecule has 18 heavy (non-hydrogen) atoms. The van der Waals surface area contributed by atoms with Crippen LogP contribution in [-0.4, -0.2) is 33.4 Å². The Morgan fingerprint density at radius 3 is 2.94 bits per heavy atom. The number of aliphatic hydroxyl groups is 1. The lowest BCUT2D eigenvalue weighted by molar-refractivity contribution is 0.0899. The number of rotatable bonds is 3. The Bertz CT molecular complexity index is 403. The van der Waals surface area contributed by atoms with Gasteiger partial charge in [-0.15, -0.1) is 0 Å². The average Bonchev–Trinajstić information content (AvgIpc) is 2.67. The Balaban J connectivity index is 1.99. The summed E-state index contributed by atoms with van der Waals surface area (Å²) in [7, 11) is 1.79. The number of aliphatic hydroxyl groups excluding tert-OH is 1. The number of carbonyl (C=O) groups is 1. The third-order valence-electron chi connectivity index (χ3n) is 3.68. The minimum absolute atomic E-state index is 0.0882. The number of nitrogens with zero attached hydrogens (tertiary/aromatic N) is 2. The van der Waals surface area contributed by atoms with Crippen LogP contribution in [0, 0.1) is 5.92 Å². The maximum absolute atomic E-state index is 12.1. The first-order chi connectivity index (χ1) is 8.70. The molecule has 5 nitrogen and oxygen atoms in total. The van der Waals surface area contributed by atoms with Gasteiger partial charge in [-0.05, 0) is 12.8 Å². The van der Waals surface area contributed by atoms with Crippen molar-refractivity contribution in [2.45, 2.75) is 38.1 Å². The van der Waals surface area contributed by atoms with Gasteiger partial charge in [0, 0.05) is 31.8 Å². The van der Waals surface area contributed by atoms with Crippen molar-refractivity contribution in [1.29, 1.82) is 0 Å². The fourth-order valence-corrected chi connectivity index (χ4v) is 2.58. The number of carbonyl (C=O) groups excluding carboxylic acids is 1. The number of aryl methyl sites for hydroxylation is 1. The van der Waals surface area contributed by atoms with Crippen molar-refractivity contribution in [3.05, 3.63) is 18.0 Å². The van der Waals surface area contributed by atoms with Gasteiger partial charge < -0.3 is 10.4 Å². The van der Waals surface area contributed by atoms with Crippen molar-refractivity contribution in [3.63, 3.8) is 0 Å². The summed E-state index contributed by atoms with van der Waals surface area (Å²) in [6, 6.07) is 0.0882. The van der Waals surface area contributed by atoms with Crippen molar-refractivity contribution >= 4 is 5.91 Å². The molecule has 1 heterocycles. The summed E-state index contributed by atoms with van der Waals surface area (Å²) in [5, 5.41) is 16.4. The quantitative estimate of drug-likeness (QED) is 0.790. The van der Waals surface area contributed by atoms with E-state index in [2.05, 4.69) is 10.4 Å². The highest BCUT2D eigenvalue weighted by Crippen LogP contribution is 2.23. The lowest BCUT2D eigenvalue weighted by Gasteiger charge is -2.24. The van der Waals surface area contributed by atoms with Crippen LogP contribution in [0.25, 0.3) is 0 Å². The predicted octanol–water partition coefficient (Wildman–Crippen LogP) is 1.09. The third-order valence-corrected chi connectivity index (χ3v) is 3.68. The Hall–Kier alpha value is -1.36. The highest BCUT2D eigenvalue weighted by Gasteiger charge is 2.25. The van der Waals surface area contributed by atoms with Crippen LogP contribution >= 0.6 is 0 Å². The van der Waals surface area contributed by atoms with Gasteiger partial charge >= 0.3 is 0 Å². The molecule has 1 amide bonds. The zero-order chi connectivity index (χ0) is 13.0. The molecule has 0 spiro atoms. The zero-order valence-corrected chi connectivity index (χ0v) is 10.8. The average molecular weight is 251 g/mol. The first kappa shape index (κ1) is 13.1. The number of aromatic nitrogens is 2. The van der Waals surface area contributed by atoms with Crippen LogP contribution in [0.1, 0.15) is 42.5 Å². The van der Waals surface area contributed by atoms with Gasteiger partial charge in [-0.2, -0.15) is 5.10 Å². The Morgan fingerprint density at radius 2 is 2.28 bits per heavy atom. The van der Waals surface area contributed by atoms with E-state index in [4.69, 9.17) is 0 Å². The summed E-state index contributed by atoms with van der Waals surface area (Å²) >= 11 is 0. The van der Waals surface area contributed by atoms with E-state index in [-0.39, 0.29) is 24.5 Å². The SMILES string of the molecule is Cn1cc(C(=O)NC2CCCCCC2CO)cn1. The molecule has 2 rings (SSSR count). The molecule has 1 aromatic rings. The van der Waals surface area contributed by atoms with Gasteiger partial charge in [-0.25, -0.2) is 0 Å². The van der Waals surface area contributed by atoms with E-state index < -0.39 is 0 Å². The Labute approximate surface area is 107 Å². The van der Waals surface area contributed by atoms with Gasteiger partial charge in [0.05, 0.1) is 11.8 Å². The summed E-state index contributed by atoms with van der Waals surface area (Å²) < 4.78 is 1.62. The molecule has 1 fully saturated rings. The summed E-state index contributed by atoms with van der Waals surface area (Å²) in [5.74, 6) is 0.0987. The van der Waals surface area contributed by atoms with E-state index in [1.165, 1.54) is 6.42 Å². The maximum atomic E-state index is 12.1. The molecule has 0 radical (unpaired) electrons. The molecule has 0 bridgehead atoms. The summed E-state index contributed by atoms with van der Waals surface area (Å²) in [5.41, 5.74) is 0.582. The fourth-order valence-electron chi connectivity index (χ4n) is 2.58. The van der Waals surface area contributed by atoms with Crippen LogP contribution in [0.3, 0.4) is 0 Å². The first-order valence-corrected chi connectivity index (χ1v) is 6.61. The van der Waals surface area contributed by atoms with Gasteiger partial charge in [0.15, 0.2) is 0 Å². The van der Waals surface area contributed by atoms with Crippen LogP contribution in [0.5, 0.6) is 0 Å². The zero-order valence-electron chi connectivity index (χ0n) is 10.8. The van der Waals surface area contributed by atoms with E-state index in [1.807, 2.05) is 0 Å². The molecule has 1 saturated carbocycles. The van der Waals surface area contributed by atoms with Gasteiger partial charge in [-0.1, -0.05) is 19.3 Å². The topological polar surface area (TPSA) is 67.2 Å². The van der Waals surface area contributed by atoms with E-state index in [0.717, 1.165) is 25.7 Å². The molecule has 5 heteroatoms. The molecule has 1 aliphatic carbocycles. The summed E-state index contributed by atoms with van der Waals surface area (Å²) in [4.78, 5) is 12.1. The maximum Gasteiger partial charge on any atom is 0.254 e. The van der Waals surface area contributed by atoms with Gasteiger partial charge in [0.2, 0.25) is 0 Å². The minimum atomic E-state index is -0.0894. The third kappa shape index (κ3) is 3.10. The van der Waals surface area contributed by atoms with Crippen molar-refractivity contribution in [2.75, 3.05) is 6.61 Å². The highest BCUT2D eigenvalue weighted by molar-refractivity contribution is 5.93. The van der Waals surface area contributed by atoms with Gasteiger partial charge in [-0.3, -0.25) is 9.48 Å². The van der Waals surface area contributed by atoms with E-state index in [0.29, 0.717) is 5.56 Å². The molecule has 1 aliphatic rings. The van der Waals surface area contributed by atoms with E-state index in [1.54, 1.807) is 24.1 Å². The van der Waals surface area contributed by atoms with Crippen LogP contribution in [0.4, 0.5) is 0 Å². The van der Waals surface area contributed by atoms with Crippen LogP contribution in [0.2, 0.25) is 0 Å². The van der Waals surface area contributed by atoms with E-state index >= 15 is 0 Å². The fraction of sp³-hybridized carbons (Fsp3) is 0.692. The largest absolute Gasteiger partial charge is 0.396 e. The van der Waals surface area contributed by atoms with Crippen molar-refractivity contribution in [2.24, 2.45) is 13.0 Å². The molecular formula is C13H21N3O2. The predicted molar refractivity (Wildman–Crippen MR) is 68.1 cm³/mol. The molecule has 2 atom stereocenters. The van der Waals surface area contributed by atoms with Crippen molar-refractivity contribution in [1.82, 2.24) is 15.1 Å². The normalized spacial score (nSPS) is 24.6. The molecule has 0 aromatic carbocycles. The number of amides is 1. The van der Waals surface area contributed by atoms with E-state index in [9.17, 15) is 9.90 Å². The summed E-state index contributed by atoms with van der Waals surface area (Å²) in [6.07, 6.45) is 8.68. The van der Waals surface area contributed by atoms with Crippen molar-refractivity contribution < 1.29 is 9.90 Å². The second-order valence-corrected chi connectivity index (χ2v) is 5.06. The second kappa shape index (κ2) is 6.00. The molecule has 0 saturated heterocycles. The lowest BCUT2D eigenvalue weighted by Crippen LogP contribution is -2.41. The second-order valence-electron chi connectivity index (χ2n) is 5.06. The van der Waals surface area contributed by atoms with Crippen LogP contribution in [0.15, 0.2) is 12.4 Å². The van der Waals surface area contributed by atoms with Crippen LogP contribution in [-0.2, 0) is 7.05 Å². The van der Waals surface area contributed by atoms with Crippen LogP contribution < -0.4 is 5.32 Å². The van der Waals surface area contributed by atoms with Crippen molar-refractivity contribution in [3.8, 4) is 0 Å². The molecule has 2 N–H and O–H groups in total. The molecule has 2 unspecified atom stereocenters. The van der Waals surface area contributed by atoms with Gasteiger partial charge in [0.1, 0.15) is 0 Å². The smallest absolute Gasteiger partial charge is 0.254 e. The van der Waals surface area contributed by atoms with Gasteiger partial charge in [0.25, 0.3) is 5.91 Å².